The molecule has 0 spiro atoms. The molecule has 0 bridgehead atoms. The summed E-state index contributed by atoms with van der Waals surface area (Å²) in [6.07, 6.45) is 6.92. The second-order valence-electron chi connectivity index (χ2n) is 4.12. The van der Waals surface area contributed by atoms with E-state index in [9.17, 15) is 0 Å². The molecule has 0 amide bonds. The average molecular weight is 229 g/mol. The Bertz CT molecular complexity index is 106. The molecule has 1 rings (SSSR count). The van der Waals surface area contributed by atoms with Crippen molar-refractivity contribution in [3.8, 4) is 0 Å². The second-order valence-corrected chi connectivity index (χ2v) is 9.54. The van der Waals surface area contributed by atoms with E-state index in [1.165, 1.54) is 25.3 Å². The van der Waals surface area contributed by atoms with Gasteiger partial charge in [0.05, 0.1) is 0 Å². The van der Waals surface area contributed by atoms with Gasteiger partial charge in [0.25, 0.3) is 0 Å². The SMILES string of the molecule is CC[Si](C)(C)C1[CH-]CCC1.[CH3-].[Ni+2]. The first kappa shape index (κ1) is 15.2. The topological polar surface area (TPSA) is 0 Å². The van der Waals surface area contributed by atoms with Crippen molar-refractivity contribution in [2.75, 3.05) is 0 Å². The van der Waals surface area contributed by atoms with Crippen molar-refractivity contribution >= 4 is 8.07 Å². The molecular formula is C10H22NiSi. The van der Waals surface area contributed by atoms with Crippen LogP contribution in [0.15, 0.2) is 0 Å². The molecule has 0 nitrogen and oxygen atoms in total. The van der Waals surface area contributed by atoms with Crippen LogP contribution in [-0.4, -0.2) is 8.07 Å². The van der Waals surface area contributed by atoms with Crippen molar-refractivity contribution in [3.63, 3.8) is 0 Å². The maximum Gasteiger partial charge on any atom is 2.00 e. The third-order valence-corrected chi connectivity index (χ3v) is 7.44. The molecule has 12 heavy (non-hydrogen) atoms. The maximum absolute atomic E-state index is 2.58. The monoisotopic (exact) mass is 228 g/mol. The summed E-state index contributed by atoms with van der Waals surface area (Å²) in [6.45, 7) is 7.41. The molecule has 0 radical (unpaired) electrons. The summed E-state index contributed by atoms with van der Waals surface area (Å²) in [5.41, 5.74) is 1.04. The Labute approximate surface area is 89.5 Å². The molecule has 0 aromatic carbocycles. The fourth-order valence-corrected chi connectivity index (χ4v) is 4.06. The van der Waals surface area contributed by atoms with E-state index in [4.69, 9.17) is 0 Å². The van der Waals surface area contributed by atoms with E-state index in [0.29, 0.717) is 0 Å². The van der Waals surface area contributed by atoms with Gasteiger partial charge in [0.15, 0.2) is 0 Å². The van der Waals surface area contributed by atoms with Gasteiger partial charge >= 0.3 is 16.5 Å². The summed E-state index contributed by atoms with van der Waals surface area (Å²) in [4.78, 5) is 0. The molecule has 0 N–H and O–H groups in total. The fourth-order valence-electron chi connectivity index (χ4n) is 1.75. The Balaban J connectivity index is 0. The average Bonchev–Trinajstić information content (AvgIpc) is 2.38. The summed E-state index contributed by atoms with van der Waals surface area (Å²) in [5.74, 6) is 0. The first-order chi connectivity index (χ1) is 4.67. The minimum atomic E-state index is -0.800. The molecule has 1 aliphatic carbocycles. The van der Waals surface area contributed by atoms with Crippen molar-refractivity contribution in [2.24, 2.45) is 0 Å². The Morgan fingerprint density at radius 2 is 2.00 bits per heavy atom. The van der Waals surface area contributed by atoms with Gasteiger partial charge in [-0.05, 0) is 0 Å². The van der Waals surface area contributed by atoms with Crippen LogP contribution >= 0.6 is 0 Å². The predicted molar refractivity (Wildman–Crippen MR) is 56.3 cm³/mol. The van der Waals surface area contributed by atoms with Crippen molar-refractivity contribution in [3.05, 3.63) is 13.8 Å². The van der Waals surface area contributed by atoms with Gasteiger partial charge in [-0.2, -0.15) is 12.0 Å². The van der Waals surface area contributed by atoms with Crippen molar-refractivity contribution in [1.29, 1.82) is 0 Å². The Kier molecular flexibility index (Phi) is 7.86. The largest absolute Gasteiger partial charge is 2.00 e. The second kappa shape index (κ2) is 6.21. The quantitative estimate of drug-likeness (QED) is 0.497. The Hall–Kier alpha value is 0.710. The zero-order valence-corrected chi connectivity index (χ0v) is 10.8. The minimum absolute atomic E-state index is 0. The molecule has 2 heteroatoms. The molecule has 0 aromatic heterocycles. The molecule has 0 aliphatic heterocycles. The predicted octanol–water partition coefficient (Wildman–Crippen LogP) is 3.92. The van der Waals surface area contributed by atoms with Crippen molar-refractivity contribution < 1.29 is 16.5 Å². The fraction of sp³-hybridized carbons (Fsp3) is 0.800. The van der Waals surface area contributed by atoms with Crippen LogP contribution in [-0.2, 0) is 16.5 Å². The summed E-state index contributed by atoms with van der Waals surface area (Å²) in [5, 5.41) is 0. The summed E-state index contributed by atoms with van der Waals surface area (Å²) in [7, 11) is -0.800. The molecule has 0 saturated heterocycles. The minimum Gasteiger partial charge on any atom is -0.358 e. The maximum atomic E-state index is 2.58. The van der Waals surface area contributed by atoms with Crippen LogP contribution in [0.3, 0.4) is 0 Å². The van der Waals surface area contributed by atoms with Crippen molar-refractivity contribution in [2.45, 2.75) is 50.9 Å². The van der Waals surface area contributed by atoms with E-state index in [2.05, 4.69) is 26.4 Å². The van der Waals surface area contributed by atoms with E-state index in [-0.39, 0.29) is 23.9 Å². The number of hydrogen-bond donors (Lipinski definition) is 0. The first-order valence-corrected chi connectivity index (χ1v) is 7.78. The Morgan fingerprint density at radius 3 is 2.33 bits per heavy atom. The van der Waals surface area contributed by atoms with Crippen LogP contribution in [0.2, 0.25) is 24.7 Å². The van der Waals surface area contributed by atoms with Crippen LogP contribution < -0.4 is 0 Å². The third-order valence-electron chi connectivity index (χ3n) is 3.09. The summed E-state index contributed by atoms with van der Waals surface area (Å²) >= 11 is 0. The standard InChI is InChI=1S/C9H19Si.CH3.Ni/c1-4-10(2,3)9-7-5-6-8-9;;/h7,9H,4-6,8H2,1-3H3;1H3;/q2*-1;+2. The molecule has 1 saturated carbocycles. The molecule has 76 valence electrons. The van der Waals surface area contributed by atoms with E-state index in [1.54, 1.807) is 0 Å². The molecule has 1 fully saturated rings. The van der Waals surface area contributed by atoms with E-state index in [1.807, 2.05) is 0 Å². The van der Waals surface area contributed by atoms with E-state index >= 15 is 0 Å². The zero-order valence-electron chi connectivity index (χ0n) is 8.80. The summed E-state index contributed by atoms with van der Waals surface area (Å²) < 4.78 is 0. The van der Waals surface area contributed by atoms with Gasteiger partial charge in [0, 0.05) is 8.07 Å². The molecule has 0 heterocycles. The van der Waals surface area contributed by atoms with Gasteiger partial charge in [-0.3, -0.25) is 0 Å². The van der Waals surface area contributed by atoms with Crippen LogP contribution in [0.25, 0.3) is 0 Å². The molecule has 1 unspecified atom stereocenters. The third kappa shape index (κ3) is 3.62. The summed E-state index contributed by atoms with van der Waals surface area (Å²) in [6, 6.07) is 1.45. The van der Waals surface area contributed by atoms with E-state index < -0.39 is 8.07 Å². The molecular weight excluding hydrogens is 207 g/mol. The van der Waals surface area contributed by atoms with Gasteiger partial charge < -0.3 is 13.8 Å². The van der Waals surface area contributed by atoms with Gasteiger partial charge in [-0.15, -0.1) is 0 Å². The van der Waals surface area contributed by atoms with Gasteiger partial charge in [0.2, 0.25) is 0 Å². The van der Waals surface area contributed by atoms with Crippen LogP contribution in [0, 0.1) is 13.8 Å². The first-order valence-electron chi connectivity index (χ1n) is 4.50. The smallest absolute Gasteiger partial charge is 0.358 e. The van der Waals surface area contributed by atoms with Gasteiger partial charge in [0.1, 0.15) is 0 Å². The van der Waals surface area contributed by atoms with Crippen LogP contribution in [0.5, 0.6) is 0 Å². The zero-order chi connectivity index (χ0) is 7.61. The van der Waals surface area contributed by atoms with Crippen LogP contribution in [0.1, 0.15) is 26.2 Å². The molecule has 0 aromatic rings. The normalized spacial score (nSPS) is 22.8. The van der Waals surface area contributed by atoms with Crippen LogP contribution in [0.4, 0.5) is 0 Å². The molecule has 1 atom stereocenters. The number of hydrogen-bond acceptors (Lipinski definition) is 0. The van der Waals surface area contributed by atoms with Gasteiger partial charge in [-0.1, -0.05) is 38.9 Å². The number of rotatable bonds is 2. The van der Waals surface area contributed by atoms with Crippen molar-refractivity contribution in [1.82, 2.24) is 0 Å². The van der Waals surface area contributed by atoms with Gasteiger partial charge in [-0.25, -0.2) is 0 Å². The van der Waals surface area contributed by atoms with E-state index in [0.717, 1.165) is 5.54 Å². The molecule has 1 aliphatic rings. The Morgan fingerprint density at radius 1 is 1.42 bits per heavy atom.